The van der Waals surface area contributed by atoms with Crippen molar-refractivity contribution in [3.05, 3.63) is 34.6 Å². The van der Waals surface area contributed by atoms with Crippen molar-refractivity contribution in [2.45, 2.75) is 11.3 Å². The summed E-state index contributed by atoms with van der Waals surface area (Å²) < 4.78 is 8.62. The maximum absolute atomic E-state index is 5.90. The van der Waals surface area contributed by atoms with Crippen molar-refractivity contribution in [3.63, 3.8) is 0 Å². The predicted octanol–water partition coefficient (Wildman–Crippen LogP) is 4.67. The fourth-order valence-electron chi connectivity index (χ4n) is 1.67. The molecular weight excluding hydrogens is 358 g/mol. The smallest absolute Gasteiger partial charge is 0.242 e. The van der Waals surface area contributed by atoms with Gasteiger partial charge >= 0.3 is 0 Å². The van der Waals surface area contributed by atoms with E-state index in [1.165, 1.54) is 23.2 Å². The summed E-state index contributed by atoms with van der Waals surface area (Å²) in [6.07, 6.45) is 3.46. The van der Waals surface area contributed by atoms with Gasteiger partial charge in [0.05, 0.1) is 4.47 Å². The monoisotopic (exact) mass is 367 g/mol. The first kappa shape index (κ1) is 13.8. The third kappa shape index (κ3) is 2.65. The zero-order valence-electron chi connectivity index (χ0n) is 10.8. The average Bonchev–Trinajstić information content (AvgIpc) is 2.86. The molecule has 1 aromatic carbocycles. The van der Waals surface area contributed by atoms with Crippen LogP contribution in [-0.4, -0.2) is 21.2 Å². The molecule has 3 aromatic rings. The van der Waals surface area contributed by atoms with Gasteiger partial charge in [-0.05, 0) is 46.8 Å². The number of halogens is 1. The second-order valence-electron chi connectivity index (χ2n) is 4.05. The van der Waals surface area contributed by atoms with Crippen molar-refractivity contribution in [3.8, 4) is 11.6 Å². The molecule has 2 aromatic heterocycles. The Kier molecular flexibility index (Phi) is 3.91. The lowest BCUT2D eigenvalue weighted by molar-refractivity contribution is 0.466. The molecule has 0 aliphatic heterocycles. The van der Waals surface area contributed by atoms with Gasteiger partial charge in [0.25, 0.3) is 0 Å². The zero-order chi connectivity index (χ0) is 14.1. The van der Waals surface area contributed by atoms with Crippen molar-refractivity contribution in [2.24, 2.45) is 0 Å². The lowest BCUT2D eigenvalue weighted by Crippen LogP contribution is -1.90. The fraction of sp³-hybridized carbons (Fsp3) is 0.154. The second kappa shape index (κ2) is 5.67. The molecule has 0 bridgehead atoms. The minimum atomic E-state index is 0.539. The first-order chi connectivity index (χ1) is 9.67. The topological polar surface area (TPSA) is 47.9 Å². The van der Waals surface area contributed by atoms with Crippen LogP contribution in [0, 0.1) is 6.92 Å². The molecule has 2 heterocycles. The average molecular weight is 368 g/mol. The van der Waals surface area contributed by atoms with Crippen molar-refractivity contribution in [2.75, 3.05) is 6.26 Å². The number of fused-ring (bicyclic) bond motifs is 1. The number of aromatic nitrogens is 3. The van der Waals surface area contributed by atoms with Crippen molar-refractivity contribution in [1.29, 1.82) is 0 Å². The number of aryl methyl sites for hydroxylation is 1. The van der Waals surface area contributed by atoms with Crippen LogP contribution in [0.4, 0.5) is 0 Å². The Hall–Kier alpha value is -1.18. The summed E-state index contributed by atoms with van der Waals surface area (Å²) >= 11 is 6.63. The van der Waals surface area contributed by atoms with E-state index in [9.17, 15) is 0 Å². The highest BCUT2D eigenvalue weighted by molar-refractivity contribution is 9.10. The molecule has 20 heavy (non-hydrogen) atoms. The third-order valence-electron chi connectivity index (χ3n) is 2.61. The highest BCUT2D eigenvalue weighted by atomic mass is 79.9. The number of hydrogen-bond donors (Lipinski definition) is 0. The van der Waals surface area contributed by atoms with Gasteiger partial charge in [0, 0.05) is 0 Å². The number of thiazole rings is 1. The Morgan fingerprint density at radius 1 is 1.30 bits per heavy atom. The molecule has 4 nitrogen and oxygen atoms in total. The largest absolute Gasteiger partial charge is 0.436 e. The summed E-state index contributed by atoms with van der Waals surface area (Å²) in [6, 6.07) is 5.93. The van der Waals surface area contributed by atoms with E-state index in [0.29, 0.717) is 11.5 Å². The molecule has 7 heteroatoms. The van der Waals surface area contributed by atoms with Crippen LogP contribution in [0.3, 0.4) is 0 Å². The van der Waals surface area contributed by atoms with Crippen LogP contribution in [-0.2, 0) is 0 Å². The molecule has 0 saturated carbocycles. The molecule has 102 valence electrons. The number of ether oxygens (including phenoxy) is 1. The standard InChI is InChI=1S/C13H10BrN3OS2/c1-7-3-4-9(8(14)5-7)18-12-10-11(15-6-16-12)17-13(19-2)20-10/h3-6H,1-2H3. The highest BCUT2D eigenvalue weighted by Crippen LogP contribution is 2.36. The third-order valence-corrected chi connectivity index (χ3v) is 5.25. The predicted molar refractivity (Wildman–Crippen MR) is 85.9 cm³/mol. The summed E-state index contributed by atoms with van der Waals surface area (Å²) in [5.74, 6) is 1.27. The van der Waals surface area contributed by atoms with Crippen LogP contribution in [0.2, 0.25) is 0 Å². The zero-order valence-corrected chi connectivity index (χ0v) is 14.0. The van der Waals surface area contributed by atoms with Gasteiger partial charge in [0.15, 0.2) is 9.99 Å². The van der Waals surface area contributed by atoms with Crippen LogP contribution in [0.5, 0.6) is 11.6 Å². The summed E-state index contributed by atoms with van der Waals surface area (Å²) in [6.45, 7) is 2.03. The Morgan fingerprint density at radius 2 is 2.15 bits per heavy atom. The van der Waals surface area contributed by atoms with Crippen molar-refractivity contribution >= 4 is 49.4 Å². The van der Waals surface area contributed by atoms with Crippen LogP contribution in [0.1, 0.15) is 5.56 Å². The molecule has 0 fully saturated rings. The maximum atomic E-state index is 5.90. The Morgan fingerprint density at radius 3 is 2.90 bits per heavy atom. The van der Waals surface area contributed by atoms with E-state index < -0.39 is 0 Å². The highest BCUT2D eigenvalue weighted by Gasteiger charge is 2.13. The lowest BCUT2D eigenvalue weighted by Gasteiger charge is -2.07. The molecule has 0 spiro atoms. The van der Waals surface area contributed by atoms with Crippen LogP contribution in [0.25, 0.3) is 10.3 Å². The van der Waals surface area contributed by atoms with E-state index in [4.69, 9.17) is 4.74 Å². The van der Waals surface area contributed by atoms with Gasteiger partial charge < -0.3 is 4.74 Å². The molecule has 0 aliphatic rings. The fourth-order valence-corrected chi connectivity index (χ4v) is 3.68. The van der Waals surface area contributed by atoms with Gasteiger partial charge in [-0.15, -0.1) is 11.3 Å². The number of rotatable bonds is 3. The maximum Gasteiger partial charge on any atom is 0.242 e. The number of nitrogens with zero attached hydrogens (tertiary/aromatic N) is 3. The van der Waals surface area contributed by atoms with Gasteiger partial charge in [-0.2, -0.15) is 0 Å². The van der Waals surface area contributed by atoms with Crippen molar-refractivity contribution in [1.82, 2.24) is 15.0 Å². The Bertz CT molecular complexity index is 775. The van der Waals surface area contributed by atoms with Crippen LogP contribution < -0.4 is 4.74 Å². The summed E-state index contributed by atoms with van der Waals surface area (Å²) in [7, 11) is 0. The first-order valence-electron chi connectivity index (χ1n) is 5.77. The number of thioether (sulfide) groups is 1. The number of hydrogen-bond acceptors (Lipinski definition) is 6. The molecule has 0 saturated heterocycles. The van der Waals surface area contributed by atoms with E-state index in [0.717, 1.165) is 19.3 Å². The molecule has 0 unspecified atom stereocenters. The van der Waals surface area contributed by atoms with E-state index >= 15 is 0 Å². The van der Waals surface area contributed by atoms with Crippen molar-refractivity contribution < 1.29 is 4.74 Å². The van der Waals surface area contributed by atoms with E-state index in [1.54, 1.807) is 11.8 Å². The van der Waals surface area contributed by atoms with E-state index in [2.05, 4.69) is 30.9 Å². The molecule has 0 radical (unpaired) electrons. The SMILES string of the molecule is CSc1nc2ncnc(Oc3ccc(C)cc3Br)c2s1. The Balaban J connectivity index is 2.03. The summed E-state index contributed by atoms with van der Waals surface area (Å²) in [5.41, 5.74) is 1.84. The molecule has 3 rings (SSSR count). The van der Waals surface area contributed by atoms with Gasteiger partial charge in [0.2, 0.25) is 5.88 Å². The molecular formula is C13H10BrN3OS2. The normalized spacial score (nSPS) is 10.9. The van der Waals surface area contributed by atoms with Gasteiger partial charge in [-0.25, -0.2) is 15.0 Å². The molecule has 0 N–H and O–H groups in total. The summed E-state index contributed by atoms with van der Waals surface area (Å²) in [4.78, 5) is 12.8. The molecule has 0 amide bonds. The van der Waals surface area contributed by atoms with E-state index in [-0.39, 0.29) is 0 Å². The van der Waals surface area contributed by atoms with Gasteiger partial charge in [-0.3, -0.25) is 0 Å². The minimum absolute atomic E-state index is 0.539. The minimum Gasteiger partial charge on any atom is -0.436 e. The first-order valence-corrected chi connectivity index (χ1v) is 8.60. The van der Waals surface area contributed by atoms with Gasteiger partial charge in [0.1, 0.15) is 16.8 Å². The Labute approximate surface area is 132 Å². The number of benzene rings is 1. The van der Waals surface area contributed by atoms with Crippen LogP contribution in [0.15, 0.2) is 33.3 Å². The lowest BCUT2D eigenvalue weighted by atomic mass is 10.2. The van der Waals surface area contributed by atoms with Crippen LogP contribution >= 0.6 is 39.0 Å². The van der Waals surface area contributed by atoms with Gasteiger partial charge in [-0.1, -0.05) is 17.8 Å². The molecule has 0 atom stereocenters. The van der Waals surface area contributed by atoms with E-state index in [1.807, 2.05) is 31.4 Å². The second-order valence-corrected chi connectivity index (χ2v) is 6.96. The summed E-state index contributed by atoms with van der Waals surface area (Å²) in [5, 5.41) is 0. The molecule has 0 aliphatic carbocycles. The quantitative estimate of drug-likeness (QED) is 0.629.